The van der Waals surface area contributed by atoms with Crippen LogP contribution in [0.1, 0.15) is 11.5 Å². The zero-order valence-electron chi connectivity index (χ0n) is 14.2. The van der Waals surface area contributed by atoms with E-state index in [9.17, 15) is 4.79 Å². The number of carbonyl (C=O) groups is 1. The van der Waals surface area contributed by atoms with E-state index in [1.54, 1.807) is 4.68 Å². The summed E-state index contributed by atoms with van der Waals surface area (Å²) in [7, 11) is 0. The number of para-hydroxylation sites is 2. The van der Waals surface area contributed by atoms with Crippen LogP contribution in [0.15, 0.2) is 60.7 Å². The maximum absolute atomic E-state index is 12.3. The largest absolute Gasteiger partial charge is 0.456 e. The summed E-state index contributed by atoms with van der Waals surface area (Å²) in [5, 5.41) is 12.7. The number of rotatable bonds is 5. The molecule has 4 rings (SSSR count). The summed E-state index contributed by atoms with van der Waals surface area (Å²) in [5.74, 6) is 0.135. The second kappa shape index (κ2) is 6.79. The fourth-order valence-electron chi connectivity index (χ4n) is 2.94. The van der Waals surface area contributed by atoms with Gasteiger partial charge in [-0.3, -0.25) is 4.79 Å². The molecule has 2 aromatic carbocycles. The third-order valence-electron chi connectivity index (χ3n) is 4.20. The van der Waals surface area contributed by atoms with Crippen LogP contribution in [0, 0.1) is 6.92 Å². The molecule has 0 unspecified atom stereocenters. The molecule has 0 aliphatic heterocycles. The molecule has 0 saturated carbocycles. The van der Waals surface area contributed by atoms with Crippen molar-refractivity contribution < 1.29 is 9.53 Å². The third-order valence-corrected chi connectivity index (χ3v) is 4.20. The fourth-order valence-corrected chi connectivity index (χ4v) is 2.94. The standard InChI is InChI=1S/C19H17N5O2/c1-14-11-15-7-5-6-10-17(15)23(14)12-19(25)26-13-18-20-21-22-24(18)16-8-3-2-4-9-16/h2-11H,12-13H2,1H3. The van der Waals surface area contributed by atoms with Gasteiger partial charge in [0.2, 0.25) is 0 Å². The number of fused-ring (bicyclic) bond motifs is 1. The lowest BCUT2D eigenvalue weighted by Crippen LogP contribution is -2.16. The van der Waals surface area contributed by atoms with Crippen LogP contribution in [-0.4, -0.2) is 30.7 Å². The molecule has 0 bridgehead atoms. The van der Waals surface area contributed by atoms with E-state index in [0.29, 0.717) is 5.82 Å². The Morgan fingerprint density at radius 1 is 1.08 bits per heavy atom. The van der Waals surface area contributed by atoms with Crippen molar-refractivity contribution in [3.8, 4) is 5.69 Å². The van der Waals surface area contributed by atoms with Crippen LogP contribution in [0.2, 0.25) is 0 Å². The minimum atomic E-state index is -0.336. The van der Waals surface area contributed by atoms with E-state index in [0.717, 1.165) is 22.3 Å². The number of esters is 1. The van der Waals surface area contributed by atoms with Crippen molar-refractivity contribution in [2.75, 3.05) is 0 Å². The predicted molar refractivity (Wildman–Crippen MR) is 95.6 cm³/mol. The number of benzene rings is 2. The van der Waals surface area contributed by atoms with Crippen LogP contribution in [0.4, 0.5) is 0 Å². The molecule has 0 radical (unpaired) electrons. The third kappa shape index (κ3) is 3.06. The zero-order chi connectivity index (χ0) is 17.9. The summed E-state index contributed by atoms with van der Waals surface area (Å²) in [6.45, 7) is 2.13. The Balaban J connectivity index is 1.47. The van der Waals surface area contributed by atoms with E-state index in [1.807, 2.05) is 66.1 Å². The molecule has 0 saturated heterocycles. The van der Waals surface area contributed by atoms with Gasteiger partial charge in [0.1, 0.15) is 6.54 Å². The summed E-state index contributed by atoms with van der Waals surface area (Å²) >= 11 is 0. The summed E-state index contributed by atoms with van der Waals surface area (Å²) in [5.41, 5.74) is 2.84. The van der Waals surface area contributed by atoms with E-state index >= 15 is 0 Å². The first-order valence-electron chi connectivity index (χ1n) is 8.25. The lowest BCUT2D eigenvalue weighted by molar-refractivity contribution is -0.145. The van der Waals surface area contributed by atoms with Crippen molar-refractivity contribution in [3.05, 3.63) is 72.2 Å². The highest BCUT2D eigenvalue weighted by molar-refractivity contribution is 5.83. The summed E-state index contributed by atoms with van der Waals surface area (Å²) in [6.07, 6.45) is 0. The van der Waals surface area contributed by atoms with Gasteiger partial charge in [-0.15, -0.1) is 5.10 Å². The van der Waals surface area contributed by atoms with Crippen LogP contribution >= 0.6 is 0 Å². The van der Waals surface area contributed by atoms with Gasteiger partial charge in [-0.05, 0) is 47.0 Å². The molecular weight excluding hydrogens is 330 g/mol. The van der Waals surface area contributed by atoms with Crippen LogP contribution in [0.3, 0.4) is 0 Å². The topological polar surface area (TPSA) is 74.8 Å². The lowest BCUT2D eigenvalue weighted by Gasteiger charge is -2.09. The maximum atomic E-state index is 12.3. The smallest absolute Gasteiger partial charge is 0.326 e. The number of aromatic nitrogens is 5. The first-order chi connectivity index (χ1) is 12.7. The van der Waals surface area contributed by atoms with Crippen LogP contribution in [0.5, 0.6) is 0 Å². The van der Waals surface area contributed by atoms with Crippen molar-refractivity contribution in [2.45, 2.75) is 20.1 Å². The molecule has 130 valence electrons. The number of nitrogens with zero attached hydrogens (tertiary/aromatic N) is 5. The van der Waals surface area contributed by atoms with Crippen molar-refractivity contribution >= 4 is 16.9 Å². The maximum Gasteiger partial charge on any atom is 0.326 e. The number of hydrogen-bond acceptors (Lipinski definition) is 5. The first kappa shape index (κ1) is 16.0. The predicted octanol–water partition coefficient (Wildman–Crippen LogP) is 2.67. The van der Waals surface area contributed by atoms with Gasteiger partial charge in [-0.1, -0.05) is 36.4 Å². The highest BCUT2D eigenvalue weighted by atomic mass is 16.5. The highest BCUT2D eigenvalue weighted by Crippen LogP contribution is 2.19. The number of ether oxygens (including phenoxy) is 1. The Morgan fingerprint density at radius 2 is 1.85 bits per heavy atom. The van der Waals surface area contributed by atoms with E-state index in [1.165, 1.54) is 0 Å². The summed E-state index contributed by atoms with van der Waals surface area (Å²) in [6, 6.07) is 19.5. The van der Waals surface area contributed by atoms with E-state index in [2.05, 4.69) is 21.6 Å². The van der Waals surface area contributed by atoms with Gasteiger partial charge in [-0.25, -0.2) is 0 Å². The molecule has 0 amide bonds. The Bertz CT molecular complexity index is 1050. The van der Waals surface area contributed by atoms with Crippen molar-refractivity contribution in [1.82, 2.24) is 24.8 Å². The molecule has 7 nitrogen and oxygen atoms in total. The average Bonchev–Trinajstić information content (AvgIpc) is 3.25. The molecule has 0 N–H and O–H groups in total. The van der Waals surface area contributed by atoms with Gasteiger partial charge in [0.15, 0.2) is 12.4 Å². The molecule has 2 heterocycles. The number of tetrazole rings is 1. The molecule has 7 heteroatoms. The number of hydrogen-bond donors (Lipinski definition) is 0. The van der Waals surface area contributed by atoms with E-state index in [4.69, 9.17) is 4.74 Å². The Morgan fingerprint density at radius 3 is 2.69 bits per heavy atom. The monoisotopic (exact) mass is 347 g/mol. The highest BCUT2D eigenvalue weighted by Gasteiger charge is 2.13. The van der Waals surface area contributed by atoms with Gasteiger partial charge < -0.3 is 9.30 Å². The van der Waals surface area contributed by atoms with Gasteiger partial charge in [0.25, 0.3) is 0 Å². The van der Waals surface area contributed by atoms with Crippen LogP contribution in [-0.2, 0) is 22.7 Å². The van der Waals surface area contributed by atoms with Gasteiger partial charge in [0, 0.05) is 11.2 Å². The van der Waals surface area contributed by atoms with Crippen molar-refractivity contribution in [2.24, 2.45) is 0 Å². The van der Waals surface area contributed by atoms with Crippen molar-refractivity contribution in [3.63, 3.8) is 0 Å². The molecule has 0 aliphatic carbocycles. The lowest BCUT2D eigenvalue weighted by atomic mass is 10.2. The minimum Gasteiger partial charge on any atom is -0.456 e. The Labute approximate surface area is 149 Å². The van der Waals surface area contributed by atoms with Gasteiger partial charge in [0.05, 0.1) is 5.69 Å². The molecular formula is C19H17N5O2. The molecule has 2 aromatic heterocycles. The molecule has 0 aliphatic rings. The normalized spacial score (nSPS) is 11.0. The summed E-state index contributed by atoms with van der Waals surface area (Å²) in [4.78, 5) is 12.3. The first-order valence-corrected chi connectivity index (χ1v) is 8.25. The minimum absolute atomic E-state index is 0.0129. The fraction of sp³-hybridized carbons (Fsp3) is 0.158. The zero-order valence-corrected chi connectivity index (χ0v) is 14.2. The quantitative estimate of drug-likeness (QED) is 0.519. The second-order valence-corrected chi connectivity index (χ2v) is 5.93. The van der Waals surface area contributed by atoms with Gasteiger partial charge in [-0.2, -0.15) is 4.68 Å². The van der Waals surface area contributed by atoms with E-state index in [-0.39, 0.29) is 19.1 Å². The Kier molecular flexibility index (Phi) is 4.18. The van der Waals surface area contributed by atoms with Crippen LogP contribution in [0.25, 0.3) is 16.6 Å². The second-order valence-electron chi connectivity index (χ2n) is 5.93. The van der Waals surface area contributed by atoms with E-state index < -0.39 is 0 Å². The molecule has 0 fully saturated rings. The van der Waals surface area contributed by atoms with Crippen LogP contribution < -0.4 is 0 Å². The number of aryl methyl sites for hydroxylation is 1. The molecule has 0 atom stereocenters. The number of carbonyl (C=O) groups excluding carboxylic acids is 1. The molecule has 26 heavy (non-hydrogen) atoms. The SMILES string of the molecule is Cc1cc2ccccc2n1CC(=O)OCc1nnnn1-c1ccccc1. The molecule has 0 spiro atoms. The summed E-state index contributed by atoms with van der Waals surface area (Å²) < 4.78 is 8.90. The average molecular weight is 347 g/mol. The Hall–Kier alpha value is -3.48. The van der Waals surface area contributed by atoms with Gasteiger partial charge >= 0.3 is 5.97 Å². The van der Waals surface area contributed by atoms with Crippen molar-refractivity contribution in [1.29, 1.82) is 0 Å². The molecule has 4 aromatic rings.